The van der Waals surface area contributed by atoms with Crippen LogP contribution in [0.2, 0.25) is 5.02 Å². The number of benzene rings is 2. The van der Waals surface area contributed by atoms with Crippen molar-refractivity contribution in [3.63, 3.8) is 0 Å². The number of hydrogen-bond acceptors (Lipinski definition) is 3. The van der Waals surface area contributed by atoms with Crippen molar-refractivity contribution >= 4 is 23.1 Å². The van der Waals surface area contributed by atoms with Gasteiger partial charge in [0.05, 0.1) is 9.95 Å². The first kappa shape index (κ1) is 10.9. The SMILES string of the molecule is O=C1c2cc([N+](=O)[O-])ccc2-c2cccc(Cl)c21. The minimum atomic E-state index is -0.516. The van der Waals surface area contributed by atoms with Crippen LogP contribution in [0.5, 0.6) is 0 Å². The predicted molar refractivity (Wildman–Crippen MR) is 67.0 cm³/mol. The molecule has 2 aromatic rings. The zero-order valence-corrected chi connectivity index (χ0v) is 9.77. The van der Waals surface area contributed by atoms with Gasteiger partial charge in [-0.3, -0.25) is 14.9 Å². The molecule has 1 aliphatic carbocycles. The van der Waals surface area contributed by atoms with E-state index in [1.165, 1.54) is 12.1 Å². The van der Waals surface area contributed by atoms with Crippen molar-refractivity contribution in [3.05, 3.63) is 62.7 Å². The Bertz CT molecular complexity index is 709. The number of carbonyl (C=O) groups excluding carboxylic acids is 1. The third kappa shape index (κ3) is 1.36. The molecule has 0 N–H and O–H groups in total. The summed E-state index contributed by atoms with van der Waals surface area (Å²) in [6, 6.07) is 9.46. The minimum absolute atomic E-state index is 0.0916. The van der Waals surface area contributed by atoms with Gasteiger partial charge in [-0.2, -0.15) is 0 Å². The third-order valence-corrected chi connectivity index (χ3v) is 3.30. The molecule has 18 heavy (non-hydrogen) atoms. The second-order valence-corrected chi connectivity index (χ2v) is 4.39. The first-order valence-corrected chi connectivity index (χ1v) is 5.59. The summed E-state index contributed by atoms with van der Waals surface area (Å²) >= 11 is 6.00. The average molecular weight is 260 g/mol. The lowest BCUT2D eigenvalue weighted by Gasteiger charge is -1.99. The summed E-state index contributed by atoms with van der Waals surface area (Å²) in [5, 5.41) is 11.1. The van der Waals surface area contributed by atoms with Crippen molar-refractivity contribution < 1.29 is 9.72 Å². The Morgan fingerprint density at radius 3 is 2.56 bits per heavy atom. The molecule has 0 saturated heterocycles. The first-order valence-electron chi connectivity index (χ1n) is 5.21. The number of nitro groups is 1. The number of ketones is 1. The lowest BCUT2D eigenvalue weighted by Crippen LogP contribution is -1.97. The van der Waals surface area contributed by atoms with Gasteiger partial charge in [-0.15, -0.1) is 0 Å². The highest BCUT2D eigenvalue weighted by Gasteiger charge is 2.30. The van der Waals surface area contributed by atoms with Gasteiger partial charge in [0.1, 0.15) is 0 Å². The second kappa shape index (κ2) is 3.65. The van der Waals surface area contributed by atoms with E-state index in [0.717, 1.165) is 5.56 Å². The third-order valence-electron chi connectivity index (χ3n) is 2.99. The summed E-state index contributed by atoms with van der Waals surface area (Å²) in [6.07, 6.45) is 0. The Labute approximate surface area is 107 Å². The van der Waals surface area contributed by atoms with E-state index < -0.39 is 4.92 Å². The standard InChI is InChI=1S/C13H6ClNO3/c14-11-3-1-2-9-8-5-4-7(15(17)18)6-10(8)13(16)12(9)11/h1-6H. The van der Waals surface area contributed by atoms with E-state index in [4.69, 9.17) is 11.6 Å². The summed E-state index contributed by atoms with van der Waals surface area (Å²) in [4.78, 5) is 22.4. The second-order valence-electron chi connectivity index (χ2n) is 3.98. The van der Waals surface area contributed by atoms with Gasteiger partial charge in [0.25, 0.3) is 5.69 Å². The van der Waals surface area contributed by atoms with Crippen molar-refractivity contribution in [2.45, 2.75) is 0 Å². The number of fused-ring (bicyclic) bond motifs is 3. The maximum absolute atomic E-state index is 12.2. The fraction of sp³-hybridized carbons (Fsp3) is 0. The number of halogens is 1. The quantitative estimate of drug-likeness (QED) is 0.497. The van der Waals surface area contributed by atoms with Gasteiger partial charge in [-0.25, -0.2) is 0 Å². The number of non-ortho nitro benzene ring substituents is 1. The van der Waals surface area contributed by atoms with Crippen molar-refractivity contribution in [2.75, 3.05) is 0 Å². The maximum atomic E-state index is 12.2. The molecule has 88 valence electrons. The molecule has 5 heteroatoms. The average Bonchev–Trinajstić information content (AvgIpc) is 2.64. The van der Waals surface area contributed by atoms with Crippen molar-refractivity contribution in [2.24, 2.45) is 0 Å². The molecule has 2 aromatic carbocycles. The Morgan fingerprint density at radius 1 is 1.06 bits per heavy atom. The van der Waals surface area contributed by atoms with Crippen molar-refractivity contribution in [1.29, 1.82) is 0 Å². The normalized spacial score (nSPS) is 12.2. The fourth-order valence-electron chi connectivity index (χ4n) is 2.18. The maximum Gasteiger partial charge on any atom is 0.270 e. The summed E-state index contributed by atoms with van der Waals surface area (Å²) in [7, 11) is 0. The van der Waals surface area contributed by atoms with Crippen LogP contribution in [0.4, 0.5) is 5.69 Å². The Morgan fingerprint density at radius 2 is 1.83 bits per heavy atom. The van der Waals surface area contributed by atoms with Crippen LogP contribution in [0, 0.1) is 10.1 Å². The molecule has 1 aliphatic rings. The zero-order valence-electron chi connectivity index (χ0n) is 9.01. The molecule has 0 unspecified atom stereocenters. The van der Waals surface area contributed by atoms with Gasteiger partial charge in [-0.1, -0.05) is 23.7 Å². The number of carbonyl (C=O) groups is 1. The van der Waals surface area contributed by atoms with Crippen LogP contribution in [0.3, 0.4) is 0 Å². The molecule has 0 radical (unpaired) electrons. The molecular formula is C13H6ClNO3. The Kier molecular flexibility index (Phi) is 2.21. The van der Waals surface area contributed by atoms with Crippen molar-refractivity contribution in [1.82, 2.24) is 0 Å². The highest BCUT2D eigenvalue weighted by molar-refractivity contribution is 6.38. The van der Waals surface area contributed by atoms with Crippen LogP contribution < -0.4 is 0 Å². The van der Waals surface area contributed by atoms with Crippen molar-refractivity contribution in [3.8, 4) is 11.1 Å². The molecule has 0 bridgehead atoms. The van der Waals surface area contributed by atoms with E-state index in [1.807, 2.05) is 0 Å². The molecule has 0 spiro atoms. The number of nitrogens with zero attached hydrogens (tertiary/aromatic N) is 1. The molecule has 0 heterocycles. The van der Waals surface area contributed by atoms with Gasteiger partial charge in [0, 0.05) is 23.3 Å². The van der Waals surface area contributed by atoms with Gasteiger partial charge >= 0.3 is 0 Å². The summed E-state index contributed by atoms with van der Waals surface area (Å²) in [5.41, 5.74) is 2.11. The summed E-state index contributed by atoms with van der Waals surface area (Å²) in [5.74, 6) is -0.255. The minimum Gasteiger partial charge on any atom is -0.289 e. The van der Waals surface area contributed by atoms with Gasteiger partial charge in [-0.05, 0) is 23.3 Å². The molecule has 0 fully saturated rings. The summed E-state index contributed by atoms with van der Waals surface area (Å²) in [6.45, 7) is 0. The van der Waals surface area contributed by atoms with Crippen LogP contribution in [0.25, 0.3) is 11.1 Å². The monoisotopic (exact) mass is 259 g/mol. The molecule has 0 saturated carbocycles. The van der Waals surface area contributed by atoms with E-state index in [2.05, 4.69) is 0 Å². The van der Waals surface area contributed by atoms with Crippen LogP contribution >= 0.6 is 11.6 Å². The smallest absolute Gasteiger partial charge is 0.270 e. The topological polar surface area (TPSA) is 60.2 Å². The largest absolute Gasteiger partial charge is 0.289 e. The Balaban J connectivity index is 2.30. The Hall–Kier alpha value is -2.20. The molecule has 0 aliphatic heterocycles. The van der Waals surface area contributed by atoms with Crippen LogP contribution in [0.1, 0.15) is 15.9 Å². The highest BCUT2D eigenvalue weighted by Crippen LogP contribution is 2.40. The van der Waals surface area contributed by atoms with Crippen LogP contribution in [-0.2, 0) is 0 Å². The van der Waals surface area contributed by atoms with Gasteiger partial charge < -0.3 is 0 Å². The van der Waals surface area contributed by atoms with Crippen LogP contribution in [0.15, 0.2) is 36.4 Å². The number of nitro benzene ring substituents is 1. The highest BCUT2D eigenvalue weighted by atomic mass is 35.5. The predicted octanol–water partition coefficient (Wildman–Crippen LogP) is 3.46. The van der Waals surface area contributed by atoms with Crippen LogP contribution in [-0.4, -0.2) is 10.7 Å². The van der Waals surface area contributed by atoms with E-state index in [9.17, 15) is 14.9 Å². The molecule has 0 atom stereocenters. The molecule has 0 aromatic heterocycles. The van der Waals surface area contributed by atoms with Gasteiger partial charge in [0.2, 0.25) is 0 Å². The fourth-order valence-corrected chi connectivity index (χ4v) is 2.44. The van der Waals surface area contributed by atoms with Gasteiger partial charge in [0.15, 0.2) is 5.78 Å². The van der Waals surface area contributed by atoms with E-state index in [-0.39, 0.29) is 11.5 Å². The lowest BCUT2D eigenvalue weighted by molar-refractivity contribution is -0.384. The molecular weight excluding hydrogens is 254 g/mol. The first-order chi connectivity index (χ1) is 8.59. The van der Waals surface area contributed by atoms with E-state index in [0.29, 0.717) is 21.7 Å². The molecule has 0 amide bonds. The zero-order chi connectivity index (χ0) is 12.9. The summed E-state index contributed by atoms with van der Waals surface area (Å²) < 4.78 is 0. The van der Waals surface area contributed by atoms with E-state index in [1.54, 1.807) is 24.3 Å². The van der Waals surface area contributed by atoms with E-state index >= 15 is 0 Å². The molecule has 4 nitrogen and oxygen atoms in total. The molecule has 3 rings (SSSR count). The number of rotatable bonds is 1. The number of hydrogen-bond donors (Lipinski definition) is 0. The lowest BCUT2D eigenvalue weighted by atomic mass is 10.1.